The van der Waals surface area contributed by atoms with E-state index in [1.54, 1.807) is 0 Å². The first kappa shape index (κ1) is 8.63. The largest absolute Gasteiger partial charge is 0.371 e. The van der Waals surface area contributed by atoms with Crippen molar-refractivity contribution in [1.29, 1.82) is 0 Å². The van der Waals surface area contributed by atoms with E-state index in [4.69, 9.17) is 4.74 Å². The lowest BCUT2D eigenvalue weighted by Crippen LogP contribution is -2.13. The molecule has 9 heavy (non-hydrogen) atoms. The first-order valence-corrected chi connectivity index (χ1v) is 3.21. The van der Waals surface area contributed by atoms with Crippen LogP contribution in [0.25, 0.3) is 0 Å². The minimum Gasteiger partial charge on any atom is -0.371 e. The Morgan fingerprint density at radius 1 is 1.78 bits per heavy atom. The summed E-state index contributed by atoms with van der Waals surface area (Å²) in [6, 6.07) is 0. The first-order valence-electron chi connectivity index (χ1n) is 3.21. The predicted molar refractivity (Wildman–Crippen MR) is 36.1 cm³/mol. The molecule has 1 unspecified atom stereocenters. The van der Waals surface area contributed by atoms with Gasteiger partial charge in [0.15, 0.2) is 0 Å². The lowest BCUT2D eigenvalue weighted by molar-refractivity contribution is -0.118. The molecule has 0 saturated carbocycles. The van der Waals surface area contributed by atoms with Gasteiger partial charge in [0.05, 0.1) is 0 Å². The van der Waals surface area contributed by atoms with Gasteiger partial charge in [-0.3, -0.25) is 0 Å². The molecular weight excluding hydrogens is 116 g/mol. The summed E-state index contributed by atoms with van der Waals surface area (Å²) >= 11 is 0. The van der Waals surface area contributed by atoms with Crippen LogP contribution in [-0.4, -0.2) is 19.0 Å². The van der Waals surface area contributed by atoms with Crippen LogP contribution in [0.15, 0.2) is 0 Å². The van der Waals surface area contributed by atoms with Crippen LogP contribution in [-0.2, 0) is 9.53 Å². The van der Waals surface area contributed by atoms with Crippen molar-refractivity contribution in [2.24, 2.45) is 0 Å². The fourth-order valence-electron chi connectivity index (χ4n) is 0.606. The van der Waals surface area contributed by atoms with E-state index in [0.29, 0.717) is 6.61 Å². The fraction of sp³-hybridized carbons (Fsp3) is 0.714. The summed E-state index contributed by atoms with van der Waals surface area (Å²) in [4.78, 5) is 10.1. The van der Waals surface area contributed by atoms with E-state index < -0.39 is 0 Å². The van der Waals surface area contributed by atoms with E-state index in [9.17, 15) is 4.79 Å². The SMILES string of the molecule is [CH2]CCC(C=O)OCC. The molecule has 2 nitrogen and oxygen atoms in total. The van der Waals surface area contributed by atoms with Crippen LogP contribution >= 0.6 is 0 Å². The van der Waals surface area contributed by atoms with Crippen molar-refractivity contribution >= 4 is 6.29 Å². The maximum atomic E-state index is 10.1. The van der Waals surface area contributed by atoms with Crippen LogP contribution in [0.4, 0.5) is 0 Å². The molecule has 0 aromatic rings. The summed E-state index contributed by atoms with van der Waals surface area (Å²) in [5, 5.41) is 0. The van der Waals surface area contributed by atoms with Gasteiger partial charge in [0.1, 0.15) is 12.4 Å². The lowest BCUT2D eigenvalue weighted by atomic mass is 10.2. The third-order valence-corrected chi connectivity index (χ3v) is 1.02. The summed E-state index contributed by atoms with van der Waals surface area (Å²) in [6.45, 7) is 6.09. The Kier molecular flexibility index (Phi) is 5.52. The highest BCUT2D eigenvalue weighted by atomic mass is 16.5. The number of hydrogen-bond acceptors (Lipinski definition) is 2. The highest BCUT2D eigenvalue weighted by Gasteiger charge is 2.02. The number of rotatable bonds is 5. The number of carbonyl (C=O) groups is 1. The van der Waals surface area contributed by atoms with E-state index in [1.807, 2.05) is 6.92 Å². The average molecular weight is 129 g/mol. The quantitative estimate of drug-likeness (QED) is 0.521. The van der Waals surface area contributed by atoms with E-state index >= 15 is 0 Å². The molecule has 0 heterocycles. The highest BCUT2D eigenvalue weighted by Crippen LogP contribution is 1.97. The highest BCUT2D eigenvalue weighted by molar-refractivity contribution is 5.55. The monoisotopic (exact) mass is 129 g/mol. The second-order valence-corrected chi connectivity index (χ2v) is 1.77. The molecule has 1 atom stereocenters. The lowest BCUT2D eigenvalue weighted by Gasteiger charge is -2.06. The Bertz CT molecular complexity index is 65.3. The van der Waals surface area contributed by atoms with Gasteiger partial charge in [0.25, 0.3) is 0 Å². The molecule has 1 radical (unpaired) electrons. The Hall–Kier alpha value is -0.370. The second kappa shape index (κ2) is 5.76. The van der Waals surface area contributed by atoms with Crippen molar-refractivity contribution in [2.45, 2.75) is 25.9 Å². The maximum absolute atomic E-state index is 10.1. The van der Waals surface area contributed by atoms with Crippen LogP contribution in [0.3, 0.4) is 0 Å². The molecule has 0 aliphatic carbocycles. The zero-order chi connectivity index (χ0) is 7.11. The Morgan fingerprint density at radius 2 is 2.44 bits per heavy atom. The molecule has 0 N–H and O–H groups in total. The van der Waals surface area contributed by atoms with Crippen molar-refractivity contribution in [3.05, 3.63) is 6.92 Å². The van der Waals surface area contributed by atoms with Crippen molar-refractivity contribution in [3.63, 3.8) is 0 Å². The smallest absolute Gasteiger partial charge is 0.148 e. The number of aldehydes is 1. The van der Waals surface area contributed by atoms with Gasteiger partial charge in [0, 0.05) is 6.61 Å². The van der Waals surface area contributed by atoms with Crippen molar-refractivity contribution in [1.82, 2.24) is 0 Å². The predicted octanol–water partition coefficient (Wildman–Crippen LogP) is 1.20. The molecule has 53 valence electrons. The van der Waals surface area contributed by atoms with Gasteiger partial charge < -0.3 is 9.53 Å². The van der Waals surface area contributed by atoms with Gasteiger partial charge in [-0.1, -0.05) is 13.3 Å². The maximum Gasteiger partial charge on any atom is 0.148 e. The third kappa shape index (κ3) is 4.15. The van der Waals surface area contributed by atoms with Crippen molar-refractivity contribution < 1.29 is 9.53 Å². The van der Waals surface area contributed by atoms with Crippen LogP contribution < -0.4 is 0 Å². The molecule has 0 spiro atoms. The van der Waals surface area contributed by atoms with Crippen LogP contribution in [0, 0.1) is 6.92 Å². The van der Waals surface area contributed by atoms with Gasteiger partial charge in [-0.25, -0.2) is 0 Å². The third-order valence-electron chi connectivity index (χ3n) is 1.02. The Morgan fingerprint density at radius 3 is 2.78 bits per heavy atom. The van der Waals surface area contributed by atoms with Crippen LogP contribution in [0.2, 0.25) is 0 Å². The van der Waals surface area contributed by atoms with Gasteiger partial charge in [-0.2, -0.15) is 0 Å². The summed E-state index contributed by atoms with van der Waals surface area (Å²) in [6.07, 6.45) is 2.09. The first-order chi connectivity index (χ1) is 4.35. The van der Waals surface area contributed by atoms with E-state index in [2.05, 4.69) is 6.92 Å². The molecule has 0 aromatic carbocycles. The zero-order valence-electron chi connectivity index (χ0n) is 5.80. The van der Waals surface area contributed by atoms with Gasteiger partial charge in [-0.05, 0) is 13.3 Å². The Labute approximate surface area is 56.2 Å². The molecule has 0 fully saturated rings. The number of ether oxygens (including phenoxy) is 1. The minimum atomic E-state index is -0.229. The summed E-state index contributed by atoms with van der Waals surface area (Å²) < 4.78 is 5.02. The molecule has 0 aliphatic heterocycles. The standard InChI is InChI=1S/C7H13O2/c1-3-5-7(6-8)9-4-2/h6-7H,1,3-5H2,2H3. The molecule has 0 rings (SSSR count). The second-order valence-electron chi connectivity index (χ2n) is 1.77. The molecule has 0 bridgehead atoms. The minimum absolute atomic E-state index is 0.229. The zero-order valence-corrected chi connectivity index (χ0v) is 5.80. The summed E-state index contributed by atoms with van der Waals surface area (Å²) in [5.74, 6) is 0. The van der Waals surface area contributed by atoms with Crippen LogP contribution in [0.5, 0.6) is 0 Å². The van der Waals surface area contributed by atoms with Gasteiger partial charge in [-0.15, -0.1) is 0 Å². The van der Waals surface area contributed by atoms with E-state index in [1.165, 1.54) is 0 Å². The molecule has 0 aromatic heterocycles. The fourth-order valence-corrected chi connectivity index (χ4v) is 0.606. The van der Waals surface area contributed by atoms with Crippen molar-refractivity contribution in [3.8, 4) is 0 Å². The van der Waals surface area contributed by atoms with E-state index in [0.717, 1.165) is 19.1 Å². The summed E-state index contributed by atoms with van der Waals surface area (Å²) in [7, 11) is 0. The van der Waals surface area contributed by atoms with Gasteiger partial charge in [0.2, 0.25) is 0 Å². The molecule has 0 amide bonds. The van der Waals surface area contributed by atoms with E-state index in [-0.39, 0.29) is 6.10 Å². The van der Waals surface area contributed by atoms with Gasteiger partial charge >= 0.3 is 0 Å². The average Bonchev–Trinajstić information content (AvgIpc) is 1.88. The summed E-state index contributed by atoms with van der Waals surface area (Å²) in [5.41, 5.74) is 0. The van der Waals surface area contributed by atoms with Crippen molar-refractivity contribution in [2.75, 3.05) is 6.61 Å². The normalized spacial score (nSPS) is 13.1. The molecule has 2 heteroatoms. The van der Waals surface area contributed by atoms with Crippen LogP contribution in [0.1, 0.15) is 19.8 Å². The molecule has 0 saturated heterocycles. The molecule has 0 aliphatic rings. The number of carbonyl (C=O) groups excluding carboxylic acids is 1. The number of hydrogen-bond donors (Lipinski definition) is 0. The Balaban J connectivity index is 3.29. The topological polar surface area (TPSA) is 26.3 Å². The molecular formula is C7H13O2.